The van der Waals surface area contributed by atoms with Crippen molar-refractivity contribution in [3.8, 4) is 0 Å². The molecule has 100 valence electrons. The van der Waals surface area contributed by atoms with E-state index in [0.29, 0.717) is 17.8 Å². The van der Waals surface area contributed by atoms with Gasteiger partial charge in [0.1, 0.15) is 0 Å². The number of methoxy groups -OCH3 is 1. The highest BCUT2D eigenvalue weighted by atomic mass is 16.5. The summed E-state index contributed by atoms with van der Waals surface area (Å²) in [7, 11) is 3.25. The molecule has 0 atom stereocenters. The molecule has 0 amide bonds. The third-order valence-electron chi connectivity index (χ3n) is 2.84. The van der Waals surface area contributed by atoms with E-state index in [0.717, 1.165) is 11.3 Å². The lowest BCUT2D eigenvalue weighted by molar-refractivity contribution is 0.0601. The fourth-order valence-corrected chi connectivity index (χ4v) is 1.90. The number of esters is 1. The van der Waals surface area contributed by atoms with Gasteiger partial charge in [0, 0.05) is 24.8 Å². The maximum Gasteiger partial charge on any atom is 0.340 e. The van der Waals surface area contributed by atoms with Crippen molar-refractivity contribution >= 4 is 17.3 Å². The Balaban J connectivity index is 2.30. The minimum Gasteiger partial charge on any atom is -0.472 e. The molecular formula is C14H16N2O3. The maximum absolute atomic E-state index is 11.8. The number of furan rings is 1. The summed E-state index contributed by atoms with van der Waals surface area (Å²) in [5.41, 5.74) is 8.49. The van der Waals surface area contributed by atoms with Gasteiger partial charge in [-0.3, -0.25) is 0 Å². The minimum absolute atomic E-state index is 0.402. The van der Waals surface area contributed by atoms with Crippen LogP contribution >= 0.6 is 0 Å². The van der Waals surface area contributed by atoms with Crippen LogP contribution in [0.1, 0.15) is 15.9 Å². The molecule has 0 radical (unpaired) electrons. The number of benzene rings is 1. The number of hydrogen-bond acceptors (Lipinski definition) is 5. The second-order valence-corrected chi connectivity index (χ2v) is 4.26. The van der Waals surface area contributed by atoms with E-state index >= 15 is 0 Å². The predicted molar refractivity (Wildman–Crippen MR) is 73.0 cm³/mol. The molecule has 0 unspecified atom stereocenters. The highest BCUT2D eigenvalue weighted by Gasteiger charge is 2.15. The fourth-order valence-electron chi connectivity index (χ4n) is 1.90. The van der Waals surface area contributed by atoms with Gasteiger partial charge in [0.25, 0.3) is 0 Å². The first-order chi connectivity index (χ1) is 9.11. The SMILES string of the molecule is COC(=O)c1cc(N)ccc1N(C)Cc1ccoc1. The standard InChI is InChI=1S/C14H16N2O3/c1-16(8-10-5-6-19-9-10)13-4-3-11(15)7-12(13)14(17)18-2/h3-7,9H,8,15H2,1-2H3. The van der Waals surface area contributed by atoms with E-state index in [9.17, 15) is 4.79 Å². The van der Waals surface area contributed by atoms with Crippen molar-refractivity contribution < 1.29 is 13.9 Å². The first-order valence-corrected chi connectivity index (χ1v) is 5.82. The van der Waals surface area contributed by atoms with Crippen LogP contribution in [0.3, 0.4) is 0 Å². The third-order valence-corrected chi connectivity index (χ3v) is 2.84. The van der Waals surface area contributed by atoms with Crippen LogP contribution in [-0.4, -0.2) is 20.1 Å². The van der Waals surface area contributed by atoms with Crippen molar-refractivity contribution in [2.75, 3.05) is 24.8 Å². The molecule has 2 aromatic rings. The highest BCUT2D eigenvalue weighted by molar-refractivity contribution is 5.96. The van der Waals surface area contributed by atoms with Crippen molar-refractivity contribution in [2.45, 2.75) is 6.54 Å². The monoisotopic (exact) mass is 260 g/mol. The van der Waals surface area contributed by atoms with Crippen LogP contribution in [0.5, 0.6) is 0 Å². The van der Waals surface area contributed by atoms with Crippen molar-refractivity contribution in [1.82, 2.24) is 0 Å². The number of carbonyl (C=O) groups excluding carboxylic acids is 1. The van der Waals surface area contributed by atoms with Crippen molar-refractivity contribution in [2.24, 2.45) is 0 Å². The Morgan fingerprint density at radius 2 is 2.21 bits per heavy atom. The van der Waals surface area contributed by atoms with Crippen LogP contribution in [-0.2, 0) is 11.3 Å². The summed E-state index contributed by atoms with van der Waals surface area (Å²) in [6.07, 6.45) is 3.29. The van der Waals surface area contributed by atoms with Gasteiger partial charge in [-0.1, -0.05) is 0 Å². The number of hydrogen-bond donors (Lipinski definition) is 1. The Kier molecular flexibility index (Phi) is 3.75. The normalized spacial score (nSPS) is 10.2. The van der Waals surface area contributed by atoms with Gasteiger partial charge < -0.3 is 19.8 Å². The third kappa shape index (κ3) is 2.88. The number of nitrogen functional groups attached to an aromatic ring is 1. The summed E-state index contributed by atoms with van der Waals surface area (Å²) in [5, 5.41) is 0. The number of nitrogens with zero attached hydrogens (tertiary/aromatic N) is 1. The average Bonchev–Trinajstić information content (AvgIpc) is 2.90. The second-order valence-electron chi connectivity index (χ2n) is 4.26. The van der Waals surface area contributed by atoms with Crippen molar-refractivity contribution in [3.63, 3.8) is 0 Å². The van der Waals surface area contributed by atoms with E-state index in [1.54, 1.807) is 24.7 Å². The number of anilines is 2. The molecular weight excluding hydrogens is 244 g/mol. The number of ether oxygens (including phenoxy) is 1. The summed E-state index contributed by atoms with van der Waals surface area (Å²) in [4.78, 5) is 13.7. The zero-order valence-electron chi connectivity index (χ0n) is 10.9. The van der Waals surface area contributed by atoms with Gasteiger partial charge in [-0.2, -0.15) is 0 Å². The van der Waals surface area contributed by atoms with Gasteiger partial charge in [0.2, 0.25) is 0 Å². The first-order valence-electron chi connectivity index (χ1n) is 5.82. The maximum atomic E-state index is 11.8. The van der Waals surface area contributed by atoms with Crippen LogP contribution < -0.4 is 10.6 Å². The molecule has 0 bridgehead atoms. The lowest BCUT2D eigenvalue weighted by Crippen LogP contribution is -2.19. The smallest absolute Gasteiger partial charge is 0.340 e. The molecule has 0 aliphatic heterocycles. The Bertz CT molecular complexity index is 564. The van der Waals surface area contributed by atoms with Gasteiger partial charge in [-0.25, -0.2) is 4.79 Å². The van der Waals surface area contributed by atoms with Crippen LogP contribution in [0, 0.1) is 0 Å². The number of carbonyl (C=O) groups is 1. The topological polar surface area (TPSA) is 68.7 Å². The second kappa shape index (κ2) is 5.48. The summed E-state index contributed by atoms with van der Waals surface area (Å²) in [6.45, 7) is 0.629. The Labute approximate surface area is 111 Å². The quantitative estimate of drug-likeness (QED) is 0.674. The van der Waals surface area contributed by atoms with E-state index < -0.39 is 5.97 Å². The first kappa shape index (κ1) is 13.0. The summed E-state index contributed by atoms with van der Waals surface area (Å²) < 4.78 is 9.81. The lowest BCUT2D eigenvalue weighted by Gasteiger charge is -2.21. The zero-order chi connectivity index (χ0) is 13.8. The van der Waals surface area contributed by atoms with E-state index in [1.165, 1.54) is 7.11 Å². The molecule has 1 aromatic carbocycles. The largest absolute Gasteiger partial charge is 0.472 e. The Morgan fingerprint density at radius 3 is 2.84 bits per heavy atom. The molecule has 0 aliphatic rings. The highest BCUT2D eigenvalue weighted by Crippen LogP contribution is 2.24. The van der Waals surface area contributed by atoms with Crippen molar-refractivity contribution in [1.29, 1.82) is 0 Å². The van der Waals surface area contributed by atoms with Gasteiger partial charge in [0.15, 0.2) is 0 Å². The molecule has 1 heterocycles. The van der Waals surface area contributed by atoms with Crippen molar-refractivity contribution in [3.05, 3.63) is 47.9 Å². The number of rotatable bonds is 4. The molecule has 1 aromatic heterocycles. The average molecular weight is 260 g/mol. The minimum atomic E-state index is -0.402. The van der Waals surface area contributed by atoms with Crippen LogP contribution in [0.2, 0.25) is 0 Å². The van der Waals surface area contributed by atoms with Gasteiger partial charge in [-0.05, 0) is 24.3 Å². The molecule has 0 fully saturated rings. The Morgan fingerprint density at radius 1 is 1.42 bits per heavy atom. The number of nitrogens with two attached hydrogens (primary N) is 1. The molecule has 5 nitrogen and oxygen atoms in total. The van der Waals surface area contributed by atoms with Gasteiger partial charge in [-0.15, -0.1) is 0 Å². The van der Waals surface area contributed by atoms with Gasteiger partial charge in [0.05, 0.1) is 30.9 Å². The van der Waals surface area contributed by atoms with E-state index in [2.05, 4.69) is 0 Å². The summed E-state index contributed by atoms with van der Waals surface area (Å²) >= 11 is 0. The van der Waals surface area contributed by atoms with Crippen LogP contribution in [0.15, 0.2) is 41.2 Å². The molecule has 2 N–H and O–H groups in total. The lowest BCUT2D eigenvalue weighted by atomic mass is 10.1. The Hall–Kier alpha value is -2.43. The van der Waals surface area contributed by atoms with Gasteiger partial charge >= 0.3 is 5.97 Å². The molecule has 0 aliphatic carbocycles. The van der Waals surface area contributed by atoms with Crippen LogP contribution in [0.4, 0.5) is 11.4 Å². The molecule has 19 heavy (non-hydrogen) atoms. The molecule has 0 spiro atoms. The molecule has 5 heteroatoms. The molecule has 2 rings (SSSR count). The predicted octanol–water partition coefficient (Wildman–Crippen LogP) is 2.28. The molecule has 0 saturated carbocycles. The summed E-state index contributed by atoms with van der Waals surface area (Å²) in [5.74, 6) is -0.402. The van der Waals surface area contributed by atoms with E-state index in [-0.39, 0.29) is 0 Å². The fraction of sp³-hybridized carbons (Fsp3) is 0.214. The van der Waals surface area contributed by atoms with E-state index in [1.807, 2.05) is 24.1 Å². The summed E-state index contributed by atoms with van der Waals surface area (Å²) in [6, 6.07) is 7.06. The zero-order valence-corrected chi connectivity index (χ0v) is 10.9. The van der Waals surface area contributed by atoms with Crippen LogP contribution in [0.25, 0.3) is 0 Å². The van der Waals surface area contributed by atoms with E-state index in [4.69, 9.17) is 14.9 Å². The molecule has 0 saturated heterocycles.